The fourth-order valence-electron chi connectivity index (χ4n) is 0.423. The number of hydrogen-bond donors (Lipinski definition) is 4. The van der Waals surface area contributed by atoms with E-state index in [-0.39, 0.29) is 53.2 Å². The zero-order valence-corrected chi connectivity index (χ0v) is 9.81. The number of carboxylic acid groups (broad SMARTS) is 1. The predicted molar refractivity (Wildman–Crippen MR) is 42.0 cm³/mol. The van der Waals surface area contributed by atoms with Gasteiger partial charge in [0.05, 0.1) is 0 Å². The first-order valence-electron chi connectivity index (χ1n) is 3.23. The van der Waals surface area contributed by atoms with E-state index in [1.807, 2.05) is 0 Å². The minimum Gasteiger partial charge on any atom is -1.00 e. The normalized spacial score (nSPS) is 10.1. The maximum Gasteiger partial charge on any atom is 1.00 e. The Morgan fingerprint density at radius 2 is 2.00 bits per heavy atom. The molecular formula is C5H12FN4NaO3. The topological polar surface area (TPSA) is 137 Å². The van der Waals surface area contributed by atoms with Crippen molar-refractivity contribution in [2.45, 2.75) is 12.5 Å². The van der Waals surface area contributed by atoms with E-state index in [0.29, 0.717) is 0 Å². The van der Waals surface area contributed by atoms with E-state index in [0.717, 1.165) is 0 Å². The Kier molecular flexibility index (Phi) is 14.3. The Morgan fingerprint density at radius 3 is 2.36 bits per heavy atom. The molecule has 0 fully saturated rings. The largest absolute Gasteiger partial charge is 1.00 e. The van der Waals surface area contributed by atoms with Gasteiger partial charge in [0.1, 0.15) is 12.6 Å². The Labute approximate surface area is 102 Å². The van der Waals surface area contributed by atoms with Crippen LogP contribution in [0.4, 0.5) is 0 Å². The van der Waals surface area contributed by atoms with Crippen LogP contribution in [0.1, 0.15) is 6.42 Å². The number of carboxylic acids is 1. The third-order valence-electron chi connectivity index (χ3n) is 1.01. The summed E-state index contributed by atoms with van der Waals surface area (Å²) in [6.07, 6.45) is 0.159. The number of hydrogen-bond acceptors (Lipinski definition) is 4. The number of oxime groups is 1. The molecule has 0 saturated heterocycles. The number of halogens is 1. The van der Waals surface area contributed by atoms with Crippen LogP contribution in [0, 0.1) is 0 Å². The van der Waals surface area contributed by atoms with E-state index in [2.05, 4.69) is 9.99 Å². The SMILES string of the molecule is NC(N)=NOCC[C@H](N)C(=O)O.[F-].[Na+]. The van der Waals surface area contributed by atoms with Crippen LogP contribution >= 0.6 is 0 Å². The minimum atomic E-state index is -1.08. The van der Waals surface area contributed by atoms with Gasteiger partial charge in [-0.15, -0.1) is 0 Å². The summed E-state index contributed by atoms with van der Waals surface area (Å²) in [6, 6.07) is -0.945. The molecule has 7 N–H and O–H groups in total. The first-order valence-corrected chi connectivity index (χ1v) is 3.23. The van der Waals surface area contributed by atoms with Crippen LogP contribution < -0.4 is 51.5 Å². The number of guanidine groups is 1. The van der Waals surface area contributed by atoms with E-state index >= 15 is 0 Å². The number of nitrogens with two attached hydrogens (primary N) is 3. The van der Waals surface area contributed by atoms with Crippen LogP contribution in [0.2, 0.25) is 0 Å². The van der Waals surface area contributed by atoms with E-state index in [1.165, 1.54) is 0 Å². The minimum absolute atomic E-state index is 0. The van der Waals surface area contributed by atoms with Crippen molar-refractivity contribution in [3.8, 4) is 0 Å². The van der Waals surface area contributed by atoms with Crippen LogP contribution in [0.25, 0.3) is 0 Å². The van der Waals surface area contributed by atoms with Crippen LogP contribution in [0.5, 0.6) is 0 Å². The van der Waals surface area contributed by atoms with Crippen molar-refractivity contribution >= 4 is 11.9 Å². The zero-order chi connectivity index (χ0) is 9.56. The summed E-state index contributed by atoms with van der Waals surface area (Å²) in [6.45, 7) is 0.0748. The third-order valence-corrected chi connectivity index (χ3v) is 1.01. The van der Waals surface area contributed by atoms with Gasteiger partial charge in [0.15, 0.2) is 0 Å². The summed E-state index contributed by atoms with van der Waals surface area (Å²) in [5, 5.41) is 11.5. The second kappa shape index (κ2) is 10.5. The molecule has 0 spiro atoms. The molecule has 0 amide bonds. The number of nitrogens with zero attached hydrogens (tertiary/aromatic N) is 1. The summed E-state index contributed by atoms with van der Waals surface area (Å²) >= 11 is 0. The quantitative estimate of drug-likeness (QED) is 0.119. The molecule has 0 rings (SSSR count). The third kappa shape index (κ3) is 11.4. The van der Waals surface area contributed by atoms with Crippen molar-refractivity contribution in [3.63, 3.8) is 0 Å². The monoisotopic (exact) mass is 218 g/mol. The Morgan fingerprint density at radius 1 is 1.50 bits per heavy atom. The molecule has 0 unspecified atom stereocenters. The average Bonchev–Trinajstić information content (AvgIpc) is 1.97. The van der Waals surface area contributed by atoms with Gasteiger partial charge in [-0.2, -0.15) is 0 Å². The molecule has 0 aliphatic rings. The van der Waals surface area contributed by atoms with Crippen molar-refractivity contribution in [1.29, 1.82) is 0 Å². The maximum atomic E-state index is 10.2. The molecular weight excluding hydrogens is 206 g/mol. The van der Waals surface area contributed by atoms with Gasteiger partial charge in [-0.3, -0.25) is 4.79 Å². The van der Waals surface area contributed by atoms with Crippen molar-refractivity contribution in [1.82, 2.24) is 0 Å². The molecule has 0 bridgehead atoms. The molecule has 0 heterocycles. The fourth-order valence-corrected chi connectivity index (χ4v) is 0.423. The van der Waals surface area contributed by atoms with Crippen molar-refractivity contribution in [2.24, 2.45) is 22.4 Å². The Bertz CT molecular complexity index is 188. The summed E-state index contributed by atoms with van der Waals surface area (Å²) in [5.74, 6) is -1.29. The molecule has 0 saturated carbocycles. The molecule has 0 aliphatic carbocycles. The zero-order valence-electron chi connectivity index (χ0n) is 7.81. The Hall–Kier alpha value is -0.570. The first-order chi connectivity index (χ1) is 5.54. The van der Waals surface area contributed by atoms with Gasteiger partial charge in [0.25, 0.3) is 0 Å². The summed E-state index contributed by atoms with van der Waals surface area (Å²) < 4.78 is 0. The molecule has 0 aromatic carbocycles. The molecule has 1 atom stereocenters. The number of aliphatic carboxylic acids is 1. The number of rotatable bonds is 5. The van der Waals surface area contributed by atoms with Gasteiger partial charge in [-0.25, -0.2) is 0 Å². The fraction of sp³-hybridized carbons (Fsp3) is 0.600. The van der Waals surface area contributed by atoms with Gasteiger partial charge < -0.3 is 31.8 Å². The molecule has 14 heavy (non-hydrogen) atoms. The van der Waals surface area contributed by atoms with Crippen LogP contribution in [0.3, 0.4) is 0 Å². The second-order valence-electron chi connectivity index (χ2n) is 2.08. The van der Waals surface area contributed by atoms with Gasteiger partial charge >= 0.3 is 35.5 Å². The number of carbonyl (C=O) groups is 1. The van der Waals surface area contributed by atoms with Gasteiger partial charge in [0, 0.05) is 6.42 Å². The van der Waals surface area contributed by atoms with E-state index in [1.54, 1.807) is 0 Å². The summed E-state index contributed by atoms with van der Waals surface area (Å²) in [7, 11) is 0. The predicted octanol–water partition coefficient (Wildman–Crippen LogP) is -8.00. The Balaban J connectivity index is -0.000000605. The standard InChI is InChI=1S/C5H12N4O3.FH.Na/c6-3(4(10)11)1-2-12-9-5(7)8;;/h3H,1-2,6H2,(H,10,11)(H4,7,8,9);1H;/q;;+1/p-1/t3-;;/m0../s1. The molecule has 7 nitrogen and oxygen atoms in total. The summed E-state index contributed by atoms with van der Waals surface area (Å²) in [4.78, 5) is 14.7. The second-order valence-corrected chi connectivity index (χ2v) is 2.08. The van der Waals surface area contributed by atoms with Crippen LogP contribution in [-0.2, 0) is 9.63 Å². The molecule has 9 heteroatoms. The molecule has 0 radical (unpaired) electrons. The molecule has 0 aromatic rings. The molecule has 78 valence electrons. The van der Waals surface area contributed by atoms with E-state index in [9.17, 15) is 4.79 Å². The molecule has 0 aromatic heterocycles. The van der Waals surface area contributed by atoms with Crippen molar-refractivity contribution < 1.29 is 49.0 Å². The average molecular weight is 218 g/mol. The summed E-state index contributed by atoms with van der Waals surface area (Å²) in [5.41, 5.74) is 15.0. The van der Waals surface area contributed by atoms with Gasteiger partial charge in [-0.05, 0) is 5.16 Å². The van der Waals surface area contributed by atoms with Crippen LogP contribution in [-0.4, -0.2) is 29.7 Å². The van der Waals surface area contributed by atoms with E-state index < -0.39 is 12.0 Å². The molecule has 0 aliphatic heterocycles. The van der Waals surface area contributed by atoms with Crippen molar-refractivity contribution in [2.75, 3.05) is 6.61 Å². The van der Waals surface area contributed by atoms with E-state index in [4.69, 9.17) is 22.3 Å². The maximum absolute atomic E-state index is 10.2. The van der Waals surface area contributed by atoms with Crippen LogP contribution in [0.15, 0.2) is 5.16 Å². The van der Waals surface area contributed by atoms with Gasteiger partial charge in [0.2, 0.25) is 5.96 Å². The van der Waals surface area contributed by atoms with Crippen molar-refractivity contribution in [3.05, 3.63) is 0 Å². The first kappa shape index (κ1) is 19.1. The smallest absolute Gasteiger partial charge is 1.00 e. The van der Waals surface area contributed by atoms with Gasteiger partial charge in [-0.1, -0.05) is 0 Å².